The van der Waals surface area contributed by atoms with Gasteiger partial charge in [-0.05, 0) is 30.3 Å². The lowest BCUT2D eigenvalue weighted by molar-refractivity contribution is 0.476. The van der Waals surface area contributed by atoms with Crippen LogP contribution in [0.3, 0.4) is 0 Å². The molecule has 0 fully saturated rings. The first kappa shape index (κ1) is 11.0. The zero-order chi connectivity index (χ0) is 12.7. The Morgan fingerprint density at radius 1 is 1.17 bits per heavy atom. The van der Waals surface area contributed by atoms with Gasteiger partial charge in [-0.25, -0.2) is 9.37 Å². The molecule has 2 N–H and O–H groups in total. The number of H-pyrrole nitrogens is 1. The predicted octanol–water partition coefficient (Wildman–Crippen LogP) is 3.73. The number of benzene rings is 2. The summed E-state index contributed by atoms with van der Waals surface area (Å²) in [5, 5.41) is 9.42. The van der Waals surface area contributed by atoms with Gasteiger partial charge in [-0.3, -0.25) is 0 Å². The number of phenols is 1. The Bertz CT molecular complexity index is 739. The van der Waals surface area contributed by atoms with Gasteiger partial charge in [0.25, 0.3) is 0 Å². The first-order chi connectivity index (χ1) is 8.63. The van der Waals surface area contributed by atoms with E-state index in [1.807, 2.05) is 0 Å². The van der Waals surface area contributed by atoms with Gasteiger partial charge in [-0.1, -0.05) is 11.6 Å². The highest BCUT2D eigenvalue weighted by atomic mass is 35.5. The molecule has 0 saturated heterocycles. The normalized spacial score (nSPS) is 11.0. The third-order valence-electron chi connectivity index (χ3n) is 2.66. The van der Waals surface area contributed by atoms with Crippen molar-refractivity contribution in [2.24, 2.45) is 0 Å². The van der Waals surface area contributed by atoms with Crippen LogP contribution in [-0.4, -0.2) is 15.1 Å². The molecule has 0 aliphatic carbocycles. The molecule has 0 atom stereocenters. The van der Waals surface area contributed by atoms with E-state index in [2.05, 4.69) is 9.97 Å². The molecule has 0 unspecified atom stereocenters. The van der Waals surface area contributed by atoms with E-state index in [0.29, 0.717) is 16.9 Å². The fourth-order valence-corrected chi connectivity index (χ4v) is 1.96. The number of imidazole rings is 1. The Kier molecular flexibility index (Phi) is 2.45. The molecule has 0 spiro atoms. The fraction of sp³-hybridized carbons (Fsp3) is 0. The van der Waals surface area contributed by atoms with Gasteiger partial charge in [0.1, 0.15) is 17.4 Å². The maximum atomic E-state index is 13.1. The standard InChI is InChI=1S/C13H8ClFN2O/c14-9-5-7(1-3-10(9)15)13-16-11-4-2-8(18)6-12(11)17-13/h1-6,18H,(H,16,17). The number of phenolic OH excluding ortho intramolecular Hbond substituents is 1. The molecule has 1 heterocycles. The van der Waals surface area contributed by atoms with E-state index in [1.165, 1.54) is 12.1 Å². The van der Waals surface area contributed by atoms with Crippen molar-refractivity contribution in [1.82, 2.24) is 9.97 Å². The molecule has 2 aromatic carbocycles. The molecule has 0 amide bonds. The number of aromatic nitrogens is 2. The minimum Gasteiger partial charge on any atom is -0.508 e. The minimum atomic E-state index is -0.464. The van der Waals surface area contributed by atoms with Gasteiger partial charge in [0.2, 0.25) is 0 Å². The molecular weight excluding hydrogens is 255 g/mol. The van der Waals surface area contributed by atoms with Crippen molar-refractivity contribution in [2.75, 3.05) is 0 Å². The van der Waals surface area contributed by atoms with Crippen LogP contribution in [0.25, 0.3) is 22.4 Å². The molecule has 3 aromatic rings. The van der Waals surface area contributed by atoms with Gasteiger partial charge in [-0.2, -0.15) is 0 Å². The summed E-state index contributed by atoms with van der Waals surface area (Å²) in [7, 11) is 0. The van der Waals surface area contributed by atoms with Gasteiger partial charge in [-0.15, -0.1) is 0 Å². The highest BCUT2D eigenvalue weighted by molar-refractivity contribution is 6.31. The van der Waals surface area contributed by atoms with Crippen LogP contribution in [0.15, 0.2) is 36.4 Å². The number of hydrogen-bond donors (Lipinski definition) is 2. The lowest BCUT2D eigenvalue weighted by atomic mass is 10.2. The summed E-state index contributed by atoms with van der Waals surface area (Å²) in [5.74, 6) is 0.279. The summed E-state index contributed by atoms with van der Waals surface area (Å²) in [6.45, 7) is 0. The Balaban J connectivity index is 2.16. The van der Waals surface area contributed by atoms with Crippen LogP contribution in [0.1, 0.15) is 0 Å². The molecule has 0 saturated carbocycles. The van der Waals surface area contributed by atoms with Crippen LogP contribution in [0.4, 0.5) is 4.39 Å². The van der Waals surface area contributed by atoms with E-state index in [0.717, 1.165) is 5.52 Å². The molecule has 1 aromatic heterocycles. The summed E-state index contributed by atoms with van der Waals surface area (Å²) < 4.78 is 13.1. The fourth-order valence-electron chi connectivity index (χ4n) is 1.78. The Hall–Kier alpha value is -2.07. The maximum Gasteiger partial charge on any atom is 0.141 e. The first-order valence-corrected chi connectivity index (χ1v) is 5.65. The van der Waals surface area contributed by atoms with Gasteiger partial charge < -0.3 is 10.1 Å². The van der Waals surface area contributed by atoms with Crippen molar-refractivity contribution in [3.8, 4) is 17.1 Å². The monoisotopic (exact) mass is 262 g/mol. The highest BCUT2D eigenvalue weighted by Crippen LogP contribution is 2.26. The molecule has 0 radical (unpaired) electrons. The highest BCUT2D eigenvalue weighted by Gasteiger charge is 2.08. The first-order valence-electron chi connectivity index (χ1n) is 5.27. The third-order valence-corrected chi connectivity index (χ3v) is 2.95. The smallest absolute Gasteiger partial charge is 0.141 e. The SMILES string of the molecule is Oc1ccc2nc(-c3ccc(F)c(Cl)c3)[nH]c2c1. The molecule has 3 rings (SSSR count). The van der Waals surface area contributed by atoms with E-state index in [4.69, 9.17) is 11.6 Å². The van der Waals surface area contributed by atoms with Crippen molar-refractivity contribution in [3.63, 3.8) is 0 Å². The van der Waals surface area contributed by atoms with E-state index >= 15 is 0 Å². The molecule has 90 valence electrons. The molecule has 18 heavy (non-hydrogen) atoms. The largest absolute Gasteiger partial charge is 0.508 e. The van der Waals surface area contributed by atoms with Crippen LogP contribution in [0, 0.1) is 5.82 Å². The number of fused-ring (bicyclic) bond motifs is 1. The molecule has 5 heteroatoms. The Labute approximate surface area is 107 Å². The van der Waals surface area contributed by atoms with E-state index in [-0.39, 0.29) is 10.8 Å². The van der Waals surface area contributed by atoms with Crippen molar-refractivity contribution in [3.05, 3.63) is 47.2 Å². The summed E-state index contributed by atoms with van der Waals surface area (Å²) in [5.41, 5.74) is 2.13. The second kappa shape index (κ2) is 3.99. The molecule has 3 nitrogen and oxygen atoms in total. The average molecular weight is 263 g/mol. The van der Waals surface area contributed by atoms with E-state index < -0.39 is 5.82 Å². The molecule has 0 aliphatic heterocycles. The lowest BCUT2D eigenvalue weighted by Gasteiger charge is -1.98. The molecule has 0 aliphatic rings. The van der Waals surface area contributed by atoms with Crippen molar-refractivity contribution < 1.29 is 9.50 Å². The summed E-state index contributed by atoms with van der Waals surface area (Å²) in [6, 6.07) is 9.24. The van der Waals surface area contributed by atoms with Crippen LogP contribution < -0.4 is 0 Å². The third kappa shape index (κ3) is 1.80. The van der Waals surface area contributed by atoms with Crippen LogP contribution in [0.5, 0.6) is 5.75 Å². The number of aromatic amines is 1. The zero-order valence-corrected chi connectivity index (χ0v) is 9.87. The number of halogens is 2. The Morgan fingerprint density at radius 3 is 2.78 bits per heavy atom. The second-order valence-electron chi connectivity index (χ2n) is 3.92. The van der Waals surface area contributed by atoms with E-state index in [9.17, 15) is 9.50 Å². The van der Waals surface area contributed by atoms with Crippen LogP contribution in [0.2, 0.25) is 5.02 Å². The average Bonchev–Trinajstić information content (AvgIpc) is 2.75. The van der Waals surface area contributed by atoms with Crippen molar-refractivity contribution in [2.45, 2.75) is 0 Å². The Morgan fingerprint density at radius 2 is 2.00 bits per heavy atom. The second-order valence-corrected chi connectivity index (χ2v) is 4.32. The van der Waals surface area contributed by atoms with Crippen LogP contribution >= 0.6 is 11.6 Å². The predicted molar refractivity (Wildman–Crippen MR) is 68.2 cm³/mol. The summed E-state index contributed by atoms with van der Waals surface area (Å²) in [6.07, 6.45) is 0. The number of rotatable bonds is 1. The maximum absolute atomic E-state index is 13.1. The van der Waals surface area contributed by atoms with E-state index in [1.54, 1.807) is 24.3 Å². The topological polar surface area (TPSA) is 48.9 Å². The van der Waals surface area contributed by atoms with Crippen LogP contribution in [-0.2, 0) is 0 Å². The molecular formula is C13H8ClFN2O. The van der Waals surface area contributed by atoms with Crippen molar-refractivity contribution >= 4 is 22.6 Å². The number of nitrogens with one attached hydrogen (secondary N) is 1. The summed E-state index contributed by atoms with van der Waals surface area (Å²) >= 11 is 5.73. The summed E-state index contributed by atoms with van der Waals surface area (Å²) in [4.78, 5) is 7.39. The van der Waals surface area contributed by atoms with Crippen molar-refractivity contribution in [1.29, 1.82) is 0 Å². The van der Waals surface area contributed by atoms with Gasteiger partial charge in [0, 0.05) is 11.6 Å². The zero-order valence-electron chi connectivity index (χ0n) is 9.11. The lowest BCUT2D eigenvalue weighted by Crippen LogP contribution is -1.82. The molecule has 0 bridgehead atoms. The minimum absolute atomic E-state index is 0.0517. The van der Waals surface area contributed by atoms with Gasteiger partial charge >= 0.3 is 0 Å². The number of nitrogens with zero attached hydrogens (tertiary/aromatic N) is 1. The quantitative estimate of drug-likeness (QED) is 0.702. The van der Waals surface area contributed by atoms with Gasteiger partial charge in [0.15, 0.2) is 0 Å². The number of hydrogen-bond acceptors (Lipinski definition) is 2. The number of aromatic hydroxyl groups is 1. The van der Waals surface area contributed by atoms with Gasteiger partial charge in [0.05, 0.1) is 16.1 Å².